The van der Waals surface area contributed by atoms with Crippen LogP contribution in [0.3, 0.4) is 0 Å². The first-order chi connectivity index (χ1) is 13.8. The van der Waals surface area contributed by atoms with Gasteiger partial charge < -0.3 is 15.1 Å². The molecule has 2 fully saturated rings. The SMILES string of the molecule is O=C1NCCN1C1CCCN(c2nc(-c3ccncc3)nc3ccccc23)C1. The number of rotatable bonds is 3. The van der Waals surface area contributed by atoms with E-state index in [2.05, 4.69) is 21.3 Å². The number of nitrogens with one attached hydrogen (secondary N) is 1. The van der Waals surface area contributed by atoms with Crippen molar-refractivity contribution in [3.8, 4) is 11.4 Å². The fourth-order valence-electron chi connectivity index (χ4n) is 4.17. The molecule has 5 rings (SSSR count). The minimum atomic E-state index is 0.0527. The third-order valence-electron chi connectivity index (χ3n) is 5.55. The van der Waals surface area contributed by atoms with Crippen molar-refractivity contribution in [1.29, 1.82) is 0 Å². The largest absolute Gasteiger partial charge is 0.354 e. The van der Waals surface area contributed by atoms with Crippen LogP contribution in [0.4, 0.5) is 10.6 Å². The zero-order chi connectivity index (χ0) is 18.9. The second-order valence-corrected chi connectivity index (χ2v) is 7.29. The van der Waals surface area contributed by atoms with Crippen molar-refractivity contribution < 1.29 is 4.79 Å². The van der Waals surface area contributed by atoms with E-state index in [0.717, 1.165) is 61.3 Å². The molecule has 1 unspecified atom stereocenters. The summed E-state index contributed by atoms with van der Waals surface area (Å²) in [7, 11) is 0. The van der Waals surface area contributed by atoms with Crippen molar-refractivity contribution in [2.24, 2.45) is 0 Å². The Balaban J connectivity index is 1.54. The highest BCUT2D eigenvalue weighted by atomic mass is 16.2. The molecule has 0 bridgehead atoms. The minimum Gasteiger partial charge on any atom is -0.354 e. The number of urea groups is 1. The molecule has 4 heterocycles. The van der Waals surface area contributed by atoms with Crippen LogP contribution in [0.25, 0.3) is 22.3 Å². The maximum Gasteiger partial charge on any atom is 0.317 e. The van der Waals surface area contributed by atoms with Gasteiger partial charge in [-0.15, -0.1) is 0 Å². The number of piperidine rings is 1. The number of fused-ring (bicyclic) bond motifs is 1. The van der Waals surface area contributed by atoms with Crippen LogP contribution in [-0.4, -0.2) is 58.1 Å². The normalized spacial score (nSPS) is 19.9. The lowest BCUT2D eigenvalue weighted by Gasteiger charge is -2.38. The average Bonchev–Trinajstić information content (AvgIpc) is 3.19. The lowest BCUT2D eigenvalue weighted by Crippen LogP contribution is -2.49. The van der Waals surface area contributed by atoms with E-state index in [1.54, 1.807) is 12.4 Å². The molecule has 2 aromatic heterocycles. The van der Waals surface area contributed by atoms with Crippen molar-refractivity contribution in [3.05, 3.63) is 48.8 Å². The summed E-state index contributed by atoms with van der Waals surface area (Å²) in [6.07, 6.45) is 5.59. The van der Waals surface area contributed by atoms with E-state index < -0.39 is 0 Å². The number of hydrogen-bond acceptors (Lipinski definition) is 5. The van der Waals surface area contributed by atoms with Gasteiger partial charge in [0.15, 0.2) is 5.82 Å². The molecule has 0 radical (unpaired) electrons. The summed E-state index contributed by atoms with van der Waals surface area (Å²) >= 11 is 0. The molecule has 1 N–H and O–H groups in total. The number of carbonyl (C=O) groups is 1. The molecule has 0 spiro atoms. The van der Waals surface area contributed by atoms with Gasteiger partial charge in [-0.3, -0.25) is 4.98 Å². The van der Waals surface area contributed by atoms with Crippen LogP contribution in [-0.2, 0) is 0 Å². The maximum absolute atomic E-state index is 12.1. The predicted molar refractivity (Wildman–Crippen MR) is 108 cm³/mol. The quantitative estimate of drug-likeness (QED) is 0.763. The molecular formula is C21H22N6O. The number of amides is 2. The van der Waals surface area contributed by atoms with Crippen LogP contribution in [0.2, 0.25) is 0 Å². The van der Waals surface area contributed by atoms with E-state index in [-0.39, 0.29) is 12.1 Å². The molecule has 2 saturated heterocycles. The first-order valence-electron chi connectivity index (χ1n) is 9.76. The summed E-state index contributed by atoms with van der Waals surface area (Å²) in [5, 5.41) is 3.97. The van der Waals surface area contributed by atoms with Gasteiger partial charge in [0.2, 0.25) is 0 Å². The highest BCUT2D eigenvalue weighted by molar-refractivity contribution is 5.91. The Labute approximate surface area is 163 Å². The van der Waals surface area contributed by atoms with Gasteiger partial charge in [-0.05, 0) is 37.1 Å². The van der Waals surface area contributed by atoms with Crippen molar-refractivity contribution in [2.45, 2.75) is 18.9 Å². The van der Waals surface area contributed by atoms with Crippen molar-refractivity contribution in [2.75, 3.05) is 31.1 Å². The number of hydrogen-bond donors (Lipinski definition) is 1. The molecule has 28 heavy (non-hydrogen) atoms. The second kappa shape index (κ2) is 7.07. The fraction of sp³-hybridized carbons (Fsp3) is 0.333. The number of carbonyl (C=O) groups excluding carboxylic acids is 1. The van der Waals surface area contributed by atoms with Crippen LogP contribution >= 0.6 is 0 Å². The van der Waals surface area contributed by atoms with Gasteiger partial charge in [-0.2, -0.15) is 0 Å². The lowest BCUT2D eigenvalue weighted by atomic mass is 10.0. The van der Waals surface area contributed by atoms with Gasteiger partial charge in [0, 0.05) is 49.5 Å². The molecule has 0 aliphatic carbocycles. The van der Waals surface area contributed by atoms with E-state index in [1.165, 1.54) is 0 Å². The predicted octanol–water partition coefficient (Wildman–Crippen LogP) is 2.69. The van der Waals surface area contributed by atoms with E-state index in [0.29, 0.717) is 5.82 Å². The Bertz CT molecular complexity index is 1010. The molecule has 142 valence electrons. The van der Waals surface area contributed by atoms with Crippen molar-refractivity contribution in [1.82, 2.24) is 25.2 Å². The summed E-state index contributed by atoms with van der Waals surface area (Å²) in [5.74, 6) is 1.65. The van der Waals surface area contributed by atoms with Gasteiger partial charge in [0.25, 0.3) is 0 Å². The van der Waals surface area contributed by atoms with E-state index in [4.69, 9.17) is 9.97 Å². The molecule has 2 amide bonds. The number of nitrogens with zero attached hydrogens (tertiary/aromatic N) is 5. The molecule has 2 aliphatic rings. The monoisotopic (exact) mass is 374 g/mol. The van der Waals surface area contributed by atoms with Gasteiger partial charge in [-0.1, -0.05) is 12.1 Å². The van der Waals surface area contributed by atoms with Crippen molar-refractivity contribution >= 4 is 22.8 Å². The van der Waals surface area contributed by atoms with Gasteiger partial charge in [0.1, 0.15) is 5.82 Å². The summed E-state index contributed by atoms with van der Waals surface area (Å²) in [4.78, 5) is 30.2. The Kier molecular flexibility index (Phi) is 4.27. The van der Waals surface area contributed by atoms with Crippen LogP contribution in [0, 0.1) is 0 Å². The first-order valence-corrected chi connectivity index (χ1v) is 9.76. The molecule has 3 aromatic rings. The fourth-order valence-corrected chi connectivity index (χ4v) is 4.17. The number of benzene rings is 1. The third kappa shape index (κ3) is 3.02. The zero-order valence-electron chi connectivity index (χ0n) is 15.6. The summed E-state index contributed by atoms with van der Waals surface area (Å²) < 4.78 is 0. The highest BCUT2D eigenvalue weighted by Gasteiger charge is 2.32. The Morgan fingerprint density at radius 2 is 1.89 bits per heavy atom. The molecule has 2 aliphatic heterocycles. The molecule has 7 nitrogen and oxygen atoms in total. The molecule has 7 heteroatoms. The maximum atomic E-state index is 12.1. The molecule has 0 saturated carbocycles. The number of para-hydroxylation sites is 1. The van der Waals surface area contributed by atoms with E-state index in [1.807, 2.05) is 35.2 Å². The number of pyridine rings is 1. The van der Waals surface area contributed by atoms with Gasteiger partial charge >= 0.3 is 6.03 Å². The number of aromatic nitrogens is 3. The Hall–Kier alpha value is -3.22. The summed E-state index contributed by atoms with van der Waals surface area (Å²) in [6, 6.07) is 12.3. The van der Waals surface area contributed by atoms with Crippen LogP contribution in [0.15, 0.2) is 48.8 Å². The van der Waals surface area contributed by atoms with Crippen molar-refractivity contribution in [3.63, 3.8) is 0 Å². The first kappa shape index (κ1) is 16.9. The van der Waals surface area contributed by atoms with E-state index in [9.17, 15) is 4.79 Å². The third-order valence-corrected chi connectivity index (χ3v) is 5.55. The second-order valence-electron chi connectivity index (χ2n) is 7.29. The minimum absolute atomic E-state index is 0.0527. The van der Waals surface area contributed by atoms with Crippen LogP contribution < -0.4 is 10.2 Å². The standard InChI is InChI=1S/C21H22N6O/c28-21-23-11-13-27(21)16-4-3-12-26(14-16)20-17-5-1-2-6-18(17)24-19(25-20)15-7-9-22-10-8-15/h1-2,5-10,16H,3-4,11-14H2,(H,23,28). The van der Waals surface area contributed by atoms with Gasteiger partial charge in [-0.25, -0.2) is 14.8 Å². The molecule has 1 atom stereocenters. The zero-order valence-corrected chi connectivity index (χ0v) is 15.6. The molecular weight excluding hydrogens is 352 g/mol. The summed E-state index contributed by atoms with van der Waals surface area (Å²) in [6.45, 7) is 3.25. The van der Waals surface area contributed by atoms with E-state index >= 15 is 0 Å². The Morgan fingerprint density at radius 3 is 2.71 bits per heavy atom. The lowest BCUT2D eigenvalue weighted by molar-refractivity contribution is 0.189. The highest BCUT2D eigenvalue weighted by Crippen LogP contribution is 2.30. The topological polar surface area (TPSA) is 74.2 Å². The number of anilines is 1. The average molecular weight is 374 g/mol. The van der Waals surface area contributed by atoms with Gasteiger partial charge in [0.05, 0.1) is 11.6 Å². The smallest absolute Gasteiger partial charge is 0.317 e. The van der Waals surface area contributed by atoms with Crippen LogP contribution in [0.1, 0.15) is 12.8 Å². The van der Waals surface area contributed by atoms with Crippen LogP contribution in [0.5, 0.6) is 0 Å². The molecule has 1 aromatic carbocycles. The summed E-state index contributed by atoms with van der Waals surface area (Å²) in [5.41, 5.74) is 1.88. The Morgan fingerprint density at radius 1 is 1.04 bits per heavy atom.